The molecule has 1 fully saturated rings. The first-order chi connectivity index (χ1) is 16.0. The molecule has 4 aliphatic rings. The van der Waals surface area contributed by atoms with Crippen molar-refractivity contribution < 1.29 is 33.6 Å². The fraction of sp³-hybridized carbons (Fsp3) is 0.615. The molecule has 0 radical (unpaired) electrons. The minimum atomic E-state index is -0.975. The molecule has 3 aliphatic carbocycles. The maximum absolute atomic E-state index is 12.9. The largest absolute Gasteiger partial charge is 0.493 e. The standard InChI is InChI=1S/C26H33NO7/c1-14(27-23(29)34-24(2,3)4)22(28)32-18-10-12-26(30)16-7-6-11-25(26)19-15(13-16)8-9-17(31-5)20(19)33-21(18)25/h8-10,14,16,21,30H,6-7,11-13H2,1-5H3,(H,27,29)/t14-,16+,21-,25-,26+/m0/s1. The lowest BCUT2D eigenvalue weighted by Crippen LogP contribution is -2.67. The molecule has 1 amide bonds. The predicted molar refractivity (Wildman–Crippen MR) is 123 cm³/mol. The molecule has 1 aromatic carbocycles. The molecule has 0 unspecified atom stereocenters. The van der Waals surface area contributed by atoms with Crippen LogP contribution in [0.15, 0.2) is 24.0 Å². The first-order valence-electron chi connectivity index (χ1n) is 12.0. The van der Waals surface area contributed by atoms with Gasteiger partial charge < -0.3 is 29.4 Å². The van der Waals surface area contributed by atoms with Crippen LogP contribution in [0.1, 0.15) is 64.5 Å². The Bertz CT molecular complexity index is 1070. The molecular weight excluding hydrogens is 438 g/mol. The van der Waals surface area contributed by atoms with E-state index >= 15 is 0 Å². The lowest BCUT2D eigenvalue weighted by Gasteiger charge is -2.59. The Morgan fingerprint density at radius 2 is 2.06 bits per heavy atom. The van der Waals surface area contributed by atoms with Crippen molar-refractivity contribution in [3.63, 3.8) is 0 Å². The molecule has 5 rings (SSSR count). The molecule has 0 aromatic heterocycles. The van der Waals surface area contributed by atoms with Crippen molar-refractivity contribution in [3.05, 3.63) is 35.1 Å². The van der Waals surface area contributed by atoms with Crippen LogP contribution in [-0.4, -0.2) is 47.6 Å². The quantitative estimate of drug-likeness (QED) is 0.648. The lowest BCUT2D eigenvalue weighted by atomic mass is 9.47. The highest BCUT2D eigenvalue weighted by atomic mass is 16.6. The summed E-state index contributed by atoms with van der Waals surface area (Å²) in [7, 11) is 1.60. The van der Waals surface area contributed by atoms with Gasteiger partial charge in [-0.15, -0.1) is 0 Å². The van der Waals surface area contributed by atoms with Gasteiger partial charge in [0, 0.05) is 5.56 Å². The van der Waals surface area contributed by atoms with Crippen LogP contribution in [0.5, 0.6) is 11.5 Å². The molecule has 8 nitrogen and oxygen atoms in total. The molecule has 0 saturated heterocycles. The van der Waals surface area contributed by atoms with Crippen LogP contribution < -0.4 is 14.8 Å². The van der Waals surface area contributed by atoms with E-state index in [1.807, 2.05) is 6.07 Å². The van der Waals surface area contributed by atoms with Crippen molar-refractivity contribution in [2.45, 2.75) is 88.6 Å². The van der Waals surface area contributed by atoms with E-state index in [0.717, 1.165) is 31.2 Å². The Labute approximate surface area is 199 Å². The Morgan fingerprint density at radius 1 is 1.29 bits per heavy atom. The number of methoxy groups -OCH3 is 1. The second-order valence-electron chi connectivity index (χ2n) is 10.9. The minimum absolute atomic E-state index is 0.112. The van der Waals surface area contributed by atoms with Crippen LogP contribution in [0.25, 0.3) is 0 Å². The van der Waals surface area contributed by atoms with Gasteiger partial charge in [-0.3, -0.25) is 0 Å². The van der Waals surface area contributed by atoms with Crippen molar-refractivity contribution in [2.75, 3.05) is 7.11 Å². The summed E-state index contributed by atoms with van der Waals surface area (Å²) in [6.45, 7) is 6.80. The third-order valence-corrected chi connectivity index (χ3v) is 7.77. The number of carbonyl (C=O) groups excluding carboxylic acids is 2. The number of hydrogen-bond acceptors (Lipinski definition) is 7. The molecule has 1 heterocycles. The average molecular weight is 472 g/mol. The first-order valence-corrected chi connectivity index (χ1v) is 12.0. The maximum Gasteiger partial charge on any atom is 0.408 e. The van der Waals surface area contributed by atoms with Crippen LogP contribution >= 0.6 is 0 Å². The molecule has 34 heavy (non-hydrogen) atoms. The van der Waals surface area contributed by atoms with Gasteiger partial charge in [0.15, 0.2) is 17.6 Å². The smallest absolute Gasteiger partial charge is 0.408 e. The summed E-state index contributed by atoms with van der Waals surface area (Å²) in [5.41, 5.74) is -0.185. The van der Waals surface area contributed by atoms with Crippen LogP contribution in [0.3, 0.4) is 0 Å². The van der Waals surface area contributed by atoms with Crippen LogP contribution in [0.4, 0.5) is 4.79 Å². The van der Waals surface area contributed by atoms with Crippen LogP contribution in [0, 0.1) is 5.92 Å². The van der Waals surface area contributed by atoms with Crippen molar-refractivity contribution >= 4 is 12.1 Å². The number of rotatable bonds is 4. The Balaban J connectivity index is 1.45. The molecular formula is C26H33NO7. The molecule has 1 saturated carbocycles. The fourth-order valence-corrected chi connectivity index (χ4v) is 6.43. The van der Waals surface area contributed by atoms with Crippen molar-refractivity contribution in [1.82, 2.24) is 5.32 Å². The van der Waals surface area contributed by atoms with E-state index in [0.29, 0.717) is 23.7 Å². The molecule has 2 bridgehead atoms. The highest BCUT2D eigenvalue weighted by Crippen LogP contribution is 2.67. The van der Waals surface area contributed by atoms with Crippen molar-refractivity contribution in [3.8, 4) is 11.5 Å². The average Bonchev–Trinajstić information content (AvgIpc) is 3.08. The summed E-state index contributed by atoms with van der Waals surface area (Å²) in [5.74, 6) is 1.11. The van der Waals surface area contributed by atoms with Gasteiger partial charge in [-0.25, -0.2) is 9.59 Å². The van der Waals surface area contributed by atoms with E-state index in [9.17, 15) is 14.7 Å². The van der Waals surface area contributed by atoms with E-state index < -0.39 is 40.8 Å². The highest BCUT2D eigenvalue weighted by molar-refractivity contribution is 5.82. The molecule has 184 valence electrons. The number of esters is 1. The van der Waals surface area contributed by atoms with Gasteiger partial charge >= 0.3 is 12.1 Å². The maximum atomic E-state index is 12.9. The lowest BCUT2D eigenvalue weighted by molar-refractivity contribution is -0.160. The van der Waals surface area contributed by atoms with Gasteiger partial charge in [0.25, 0.3) is 0 Å². The number of amides is 1. The number of carbonyl (C=O) groups is 2. The van der Waals surface area contributed by atoms with E-state index in [4.69, 9.17) is 18.9 Å². The van der Waals surface area contributed by atoms with Gasteiger partial charge in [-0.2, -0.15) is 0 Å². The Hall–Kier alpha value is -2.74. The zero-order valence-electron chi connectivity index (χ0n) is 20.4. The summed E-state index contributed by atoms with van der Waals surface area (Å²) < 4.78 is 23.1. The number of hydrogen-bond donors (Lipinski definition) is 2. The van der Waals surface area contributed by atoms with Crippen molar-refractivity contribution in [1.29, 1.82) is 0 Å². The van der Waals surface area contributed by atoms with Gasteiger partial charge in [-0.1, -0.05) is 12.5 Å². The molecule has 5 atom stereocenters. The van der Waals surface area contributed by atoms with Gasteiger partial charge in [-0.05, 0) is 77.0 Å². The van der Waals surface area contributed by atoms with E-state index in [-0.39, 0.29) is 5.92 Å². The second-order valence-corrected chi connectivity index (χ2v) is 10.9. The summed E-state index contributed by atoms with van der Waals surface area (Å²) in [6.07, 6.45) is 4.26. The summed E-state index contributed by atoms with van der Waals surface area (Å²) in [4.78, 5) is 25.0. The van der Waals surface area contributed by atoms with E-state index in [1.54, 1.807) is 40.9 Å². The Morgan fingerprint density at radius 3 is 2.76 bits per heavy atom. The second kappa shape index (κ2) is 7.63. The van der Waals surface area contributed by atoms with E-state index in [2.05, 4.69) is 11.4 Å². The summed E-state index contributed by atoms with van der Waals surface area (Å²) >= 11 is 0. The number of aliphatic hydroxyl groups is 1. The highest BCUT2D eigenvalue weighted by Gasteiger charge is 2.70. The predicted octanol–water partition coefficient (Wildman–Crippen LogP) is 3.53. The minimum Gasteiger partial charge on any atom is -0.493 e. The number of alkyl carbamates (subject to hydrolysis) is 1. The first kappa shape index (κ1) is 23.0. The molecule has 1 aromatic rings. The number of nitrogens with one attached hydrogen (secondary N) is 1. The molecule has 1 aliphatic heterocycles. The summed E-state index contributed by atoms with van der Waals surface area (Å²) in [6, 6.07) is 3.05. The molecule has 1 spiro atoms. The Kier molecular flexibility index (Phi) is 5.17. The normalized spacial score (nSPS) is 31.4. The van der Waals surface area contributed by atoms with Gasteiger partial charge in [0.05, 0.1) is 18.1 Å². The third kappa shape index (κ3) is 3.21. The van der Waals surface area contributed by atoms with Crippen molar-refractivity contribution in [2.24, 2.45) is 5.92 Å². The number of ether oxygens (including phenoxy) is 4. The van der Waals surface area contributed by atoms with Crippen LogP contribution in [-0.2, 0) is 26.1 Å². The SMILES string of the molecule is COc1ccc2c3c1O[C@H]1C(OC(=O)[C@H](C)NC(=O)OC(C)(C)C)=CC[C@@]4(O)[C@H](CCC[C@]314)C2. The van der Waals surface area contributed by atoms with Gasteiger partial charge in [0.2, 0.25) is 0 Å². The molecule has 8 heteroatoms. The van der Waals surface area contributed by atoms with Crippen LogP contribution in [0.2, 0.25) is 0 Å². The molecule has 2 N–H and O–H groups in total. The summed E-state index contributed by atoms with van der Waals surface area (Å²) in [5, 5.41) is 14.6. The number of benzene rings is 1. The fourth-order valence-electron chi connectivity index (χ4n) is 6.43. The topological polar surface area (TPSA) is 103 Å². The zero-order valence-corrected chi connectivity index (χ0v) is 20.4. The van der Waals surface area contributed by atoms with Gasteiger partial charge in [0.1, 0.15) is 17.4 Å². The van der Waals surface area contributed by atoms with E-state index in [1.165, 1.54) is 5.56 Å². The monoisotopic (exact) mass is 471 g/mol. The zero-order chi connectivity index (χ0) is 24.5. The third-order valence-electron chi connectivity index (χ3n) is 7.77.